The molecular weight excluding hydrogens is 268 g/mol. The van der Waals surface area contributed by atoms with Gasteiger partial charge < -0.3 is 15.1 Å². The van der Waals surface area contributed by atoms with E-state index in [0.29, 0.717) is 6.04 Å². The summed E-state index contributed by atoms with van der Waals surface area (Å²) in [6.45, 7) is 13.3. The number of rotatable bonds is 7. The molecule has 0 aromatic carbocycles. The number of anilines is 1. The van der Waals surface area contributed by atoms with Gasteiger partial charge in [-0.25, -0.2) is 4.98 Å². The molecule has 20 heavy (non-hydrogen) atoms. The predicted molar refractivity (Wildman–Crippen MR) is 87.7 cm³/mol. The molecule has 1 unspecified atom stereocenters. The van der Waals surface area contributed by atoms with Crippen LogP contribution in [0.25, 0.3) is 0 Å². The number of likely N-dealkylation sites (tertiary alicyclic amines) is 1. The lowest BCUT2D eigenvalue weighted by Crippen LogP contribution is -2.45. The monoisotopic (exact) mass is 296 g/mol. The maximum absolute atomic E-state index is 4.55. The van der Waals surface area contributed by atoms with Crippen molar-refractivity contribution >= 4 is 16.5 Å². The van der Waals surface area contributed by atoms with E-state index in [1.807, 2.05) is 17.5 Å². The second-order valence-electron chi connectivity index (χ2n) is 5.39. The van der Waals surface area contributed by atoms with E-state index < -0.39 is 0 Å². The first-order valence-electron chi connectivity index (χ1n) is 7.92. The van der Waals surface area contributed by atoms with Gasteiger partial charge in [-0.05, 0) is 39.8 Å². The van der Waals surface area contributed by atoms with Crippen molar-refractivity contribution in [2.45, 2.75) is 46.2 Å². The van der Waals surface area contributed by atoms with Gasteiger partial charge in [0.1, 0.15) is 0 Å². The van der Waals surface area contributed by atoms with E-state index in [1.54, 1.807) is 0 Å². The normalized spacial score (nSPS) is 20.2. The van der Waals surface area contributed by atoms with E-state index in [2.05, 4.69) is 40.9 Å². The van der Waals surface area contributed by atoms with Crippen LogP contribution in [0.5, 0.6) is 0 Å². The number of aromatic nitrogens is 1. The second kappa shape index (κ2) is 7.96. The standard InChI is InChI=1S/C15H28N4S/c1-4-18-9-7-8-13(12-18)16-10-14-11-17-15(20-14)19(5-2)6-3/h11,13,16H,4-10,12H2,1-3H3. The quantitative estimate of drug-likeness (QED) is 0.838. The van der Waals surface area contributed by atoms with Crippen molar-refractivity contribution in [2.24, 2.45) is 0 Å². The zero-order valence-electron chi connectivity index (χ0n) is 13.1. The summed E-state index contributed by atoms with van der Waals surface area (Å²) in [4.78, 5) is 10.7. The van der Waals surface area contributed by atoms with Gasteiger partial charge in [-0.2, -0.15) is 0 Å². The van der Waals surface area contributed by atoms with Crippen LogP contribution in [0.1, 0.15) is 38.5 Å². The van der Waals surface area contributed by atoms with Crippen LogP contribution in [-0.4, -0.2) is 48.6 Å². The Morgan fingerprint density at radius 3 is 2.90 bits per heavy atom. The molecule has 1 aromatic rings. The highest BCUT2D eigenvalue weighted by Gasteiger charge is 2.18. The molecular formula is C15H28N4S. The van der Waals surface area contributed by atoms with Crippen molar-refractivity contribution in [3.8, 4) is 0 Å². The minimum Gasteiger partial charge on any atom is -0.349 e. The van der Waals surface area contributed by atoms with Gasteiger partial charge >= 0.3 is 0 Å². The molecule has 1 fully saturated rings. The summed E-state index contributed by atoms with van der Waals surface area (Å²) in [6.07, 6.45) is 4.66. The van der Waals surface area contributed by atoms with Gasteiger partial charge in [0.2, 0.25) is 0 Å². The molecule has 0 amide bonds. The van der Waals surface area contributed by atoms with Gasteiger partial charge in [0, 0.05) is 43.3 Å². The van der Waals surface area contributed by atoms with Crippen molar-refractivity contribution < 1.29 is 0 Å². The lowest BCUT2D eigenvalue weighted by molar-refractivity contribution is 0.198. The SMILES string of the molecule is CCN1CCCC(NCc2cnc(N(CC)CC)s2)C1. The summed E-state index contributed by atoms with van der Waals surface area (Å²) >= 11 is 1.82. The molecule has 0 radical (unpaired) electrons. The number of nitrogens with one attached hydrogen (secondary N) is 1. The molecule has 0 bridgehead atoms. The zero-order chi connectivity index (χ0) is 14.4. The molecule has 0 saturated carbocycles. The summed E-state index contributed by atoms with van der Waals surface area (Å²) in [5.74, 6) is 0. The maximum Gasteiger partial charge on any atom is 0.185 e. The van der Waals surface area contributed by atoms with Crippen molar-refractivity contribution in [1.82, 2.24) is 15.2 Å². The molecule has 2 heterocycles. The third kappa shape index (κ3) is 4.17. The summed E-state index contributed by atoms with van der Waals surface area (Å²) in [7, 11) is 0. The molecule has 1 N–H and O–H groups in total. The Balaban J connectivity index is 1.82. The van der Waals surface area contributed by atoms with Gasteiger partial charge in [-0.3, -0.25) is 0 Å². The van der Waals surface area contributed by atoms with Crippen LogP contribution in [0.2, 0.25) is 0 Å². The summed E-state index contributed by atoms with van der Waals surface area (Å²) in [5.41, 5.74) is 0. The lowest BCUT2D eigenvalue weighted by Gasteiger charge is -2.32. The van der Waals surface area contributed by atoms with Crippen molar-refractivity contribution in [3.05, 3.63) is 11.1 Å². The van der Waals surface area contributed by atoms with E-state index in [0.717, 1.165) is 24.8 Å². The van der Waals surface area contributed by atoms with E-state index in [9.17, 15) is 0 Å². The third-order valence-corrected chi connectivity index (χ3v) is 5.15. The molecule has 1 atom stereocenters. The van der Waals surface area contributed by atoms with E-state index in [-0.39, 0.29) is 0 Å². The fraction of sp³-hybridized carbons (Fsp3) is 0.800. The minimum atomic E-state index is 0.641. The Hall–Kier alpha value is -0.650. The van der Waals surface area contributed by atoms with Gasteiger partial charge in [-0.1, -0.05) is 6.92 Å². The zero-order valence-corrected chi connectivity index (χ0v) is 13.9. The Morgan fingerprint density at radius 2 is 2.20 bits per heavy atom. The van der Waals surface area contributed by atoms with Gasteiger partial charge in [0.05, 0.1) is 0 Å². The maximum atomic E-state index is 4.55. The van der Waals surface area contributed by atoms with Crippen LogP contribution >= 0.6 is 11.3 Å². The first kappa shape index (κ1) is 15.7. The number of hydrogen-bond donors (Lipinski definition) is 1. The van der Waals surface area contributed by atoms with Crippen molar-refractivity contribution in [1.29, 1.82) is 0 Å². The highest BCUT2D eigenvalue weighted by Crippen LogP contribution is 2.22. The minimum absolute atomic E-state index is 0.641. The lowest BCUT2D eigenvalue weighted by atomic mass is 10.1. The number of likely N-dealkylation sites (N-methyl/N-ethyl adjacent to an activating group) is 1. The van der Waals surface area contributed by atoms with Crippen LogP contribution in [0.15, 0.2) is 6.20 Å². The predicted octanol–water partition coefficient (Wildman–Crippen LogP) is 2.56. The van der Waals surface area contributed by atoms with Crippen LogP contribution in [0.4, 0.5) is 5.13 Å². The molecule has 0 aliphatic carbocycles. The highest BCUT2D eigenvalue weighted by atomic mass is 32.1. The second-order valence-corrected chi connectivity index (χ2v) is 6.49. The molecule has 5 heteroatoms. The van der Waals surface area contributed by atoms with Gasteiger partial charge in [0.15, 0.2) is 5.13 Å². The molecule has 4 nitrogen and oxygen atoms in total. The third-order valence-electron chi connectivity index (χ3n) is 4.09. The van der Waals surface area contributed by atoms with Crippen LogP contribution in [0, 0.1) is 0 Å². The molecule has 1 saturated heterocycles. The Bertz CT molecular complexity index is 389. The van der Waals surface area contributed by atoms with E-state index in [4.69, 9.17) is 0 Å². The Kier molecular flexibility index (Phi) is 6.26. The van der Waals surface area contributed by atoms with Crippen molar-refractivity contribution in [2.75, 3.05) is 37.6 Å². The average molecular weight is 296 g/mol. The van der Waals surface area contributed by atoms with E-state index >= 15 is 0 Å². The fourth-order valence-corrected chi connectivity index (χ4v) is 3.76. The number of piperidine rings is 1. The molecule has 0 spiro atoms. The number of nitrogens with zero attached hydrogens (tertiary/aromatic N) is 3. The molecule has 1 aromatic heterocycles. The fourth-order valence-electron chi connectivity index (χ4n) is 2.77. The molecule has 2 rings (SSSR count). The van der Waals surface area contributed by atoms with Crippen molar-refractivity contribution in [3.63, 3.8) is 0 Å². The Labute approximate surface area is 127 Å². The number of thiazole rings is 1. The molecule has 114 valence electrons. The first-order valence-corrected chi connectivity index (χ1v) is 8.73. The summed E-state index contributed by atoms with van der Waals surface area (Å²) in [5, 5.41) is 4.86. The van der Waals surface area contributed by atoms with Gasteiger partial charge in [0.25, 0.3) is 0 Å². The summed E-state index contributed by atoms with van der Waals surface area (Å²) in [6, 6.07) is 0.641. The smallest absolute Gasteiger partial charge is 0.185 e. The summed E-state index contributed by atoms with van der Waals surface area (Å²) < 4.78 is 0. The van der Waals surface area contributed by atoms with Crippen LogP contribution in [-0.2, 0) is 6.54 Å². The molecule has 1 aliphatic rings. The van der Waals surface area contributed by atoms with Crippen LogP contribution in [0.3, 0.4) is 0 Å². The Morgan fingerprint density at radius 1 is 1.40 bits per heavy atom. The first-order chi connectivity index (χ1) is 9.76. The topological polar surface area (TPSA) is 31.4 Å². The van der Waals surface area contributed by atoms with Crippen LogP contribution < -0.4 is 10.2 Å². The largest absolute Gasteiger partial charge is 0.349 e. The average Bonchev–Trinajstić information content (AvgIpc) is 2.95. The van der Waals surface area contributed by atoms with Gasteiger partial charge in [-0.15, -0.1) is 11.3 Å². The number of hydrogen-bond acceptors (Lipinski definition) is 5. The highest BCUT2D eigenvalue weighted by molar-refractivity contribution is 7.15. The van der Waals surface area contributed by atoms with E-state index in [1.165, 1.54) is 37.4 Å². The molecule has 1 aliphatic heterocycles.